The van der Waals surface area contributed by atoms with Crippen molar-refractivity contribution in [1.29, 1.82) is 0 Å². The number of likely N-dealkylation sites (tertiary alicyclic amines) is 1. The molecule has 0 radical (unpaired) electrons. The number of β-amino-alcohol motifs (C(OH)–C–C–N with tert-alkyl or cyclic N) is 1. The molecule has 1 atom stereocenters. The number of thiazole rings is 1. The molecule has 0 saturated carbocycles. The van der Waals surface area contributed by atoms with E-state index in [4.69, 9.17) is 16.3 Å². The Balaban J connectivity index is 1.31. The molecular formula is C23H30ClN3O3S. The number of aliphatic hydroxyl groups is 1. The van der Waals surface area contributed by atoms with E-state index in [2.05, 4.69) is 10.3 Å². The highest BCUT2D eigenvalue weighted by Crippen LogP contribution is 2.30. The van der Waals surface area contributed by atoms with Crippen LogP contribution in [0.4, 0.5) is 5.13 Å². The molecule has 4 rings (SSSR count). The molecule has 2 N–H and O–H groups in total. The molecule has 0 bridgehead atoms. The van der Waals surface area contributed by atoms with Crippen molar-refractivity contribution in [2.75, 3.05) is 31.6 Å². The molecule has 6 nitrogen and oxygen atoms in total. The van der Waals surface area contributed by atoms with E-state index in [1.54, 1.807) is 11.3 Å². The molecule has 2 aliphatic rings. The number of amides is 1. The zero-order valence-electron chi connectivity index (χ0n) is 18.2. The van der Waals surface area contributed by atoms with Gasteiger partial charge < -0.3 is 15.2 Å². The van der Waals surface area contributed by atoms with E-state index in [1.165, 1.54) is 17.7 Å². The number of hydrogen-bond acceptors (Lipinski definition) is 6. The maximum atomic E-state index is 12.6. The molecule has 1 amide bonds. The number of nitrogens with zero attached hydrogens (tertiary/aromatic N) is 2. The van der Waals surface area contributed by atoms with E-state index >= 15 is 0 Å². The molecule has 2 heterocycles. The van der Waals surface area contributed by atoms with Crippen molar-refractivity contribution < 1.29 is 14.6 Å². The minimum absolute atomic E-state index is 0.0831. The molecule has 1 aromatic carbocycles. The summed E-state index contributed by atoms with van der Waals surface area (Å²) in [7, 11) is 0. The highest BCUT2D eigenvalue weighted by atomic mass is 35.5. The molecule has 31 heavy (non-hydrogen) atoms. The monoisotopic (exact) mass is 463 g/mol. The Bertz CT molecular complexity index is 917. The molecular weight excluding hydrogens is 434 g/mol. The number of carbonyl (C=O) groups excluding carboxylic acids is 1. The van der Waals surface area contributed by atoms with Crippen LogP contribution in [0.1, 0.15) is 47.4 Å². The molecule has 1 aliphatic heterocycles. The maximum Gasteiger partial charge on any atom is 0.240 e. The number of anilines is 1. The lowest BCUT2D eigenvalue weighted by molar-refractivity contribution is -0.119. The van der Waals surface area contributed by atoms with Gasteiger partial charge in [-0.1, -0.05) is 11.6 Å². The van der Waals surface area contributed by atoms with E-state index < -0.39 is 5.60 Å². The van der Waals surface area contributed by atoms with Crippen LogP contribution < -0.4 is 10.1 Å². The number of rotatable bonds is 6. The van der Waals surface area contributed by atoms with Gasteiger partial charge in [-0.25, -0.2) is 4.98 Å². The van der Waals surface area contributed by atoms with Crippen molar-refractivity contribution in [1.82, 2.24) is 9.88 Å². The molecule has 1 fully saturated rings. The van der Waals surface area contributed by atoms with Crippen molar-refractivity contribution >= 4 is 34.0 Å². The largest absolute Gasteiger partial charge is 0.491 e. The van der Waals surface area contributed by atoms with Gasteiger partial charge >= 0.3 is 0 Å². The van der Waals surface area contributed by atoms with Crippen molar-refractivity contribution in [3.63, 3.8) is 0 Å². The smallest absolute Gasteiger partial charge is 0.240 e. The third-order valence-corrected chi connectivity index (χ3v) is 7.68. The number of nitrogens with one attached hydrogen (secondary N) is 1. The summed E-state index contributed by atoms with van der Waals surface area (Å²) in [5.74, 6) is 0.621. The van der Waals surface area contributed by atoms with E-state index in [0.29, 0.717) is 23.8 Å². The topological polar surface area (TPSA) is 74.7 Å². The van der Waals surface area contributed by atoms with E-state index in [1.807, 2.05) is 30.9 Å². The highest BCUT2D eigenvalue weighted by molar-refractivity contribution is 7.15. The number of halogens is 1. The summed E-state index contributed by atoms with van der Waals surface area (Å²) in [4.78, 5) is 20.5. The second kappa shape index (κ2) is 9.45. The van der Waals surface area contributed by atoms with Gasteiger partial charge in [0, 0.05) is 16.4 Å². The van der Waals surface area contributed by atoms with Crippen LogP contribution >= 0.6 is 22.9 Å². The zero-order chi connectivity index (χ0) is 22.0. The second-order valence-electron chi connectivity index (χ2n) is 8.84. The first-order valence-electron chi connectivity index (χ1n) is 10.9. The van der Waals surface area contributed by atoms with Crippen molar-refractivity contribution in [3.05, 3.63) is 38.9 Å². The number of ether oxygens (including phenoxy) is 1. The minimum atomic E-state index is -0.986. The van der Waals surface area contributed by atoms with Gasteiger partial charge in [-0.2, -0.15) is 0 Å². The summed E-state index contributed by atoms with van der Waals surface area (Å²) < 4.78 is 5.92. The van der Waals surface area contributed by atoms with E-state index in [0.717, 1.165) is 47.7 Å². The van der Waals surface area contributed by atoms with Crippen LogP contribution in [0, 0.1) is 13.8 Å². The first kappa shape index (κ1) is 22.5. The Morgan fingerprint density at radius 3 is 2.77 bits per heavy atom. The van der Waals surface area contributed by atoms with Gasteiger partial charge in [-0.05, 0) is 82.2 Å². The van der Waals surface area contributed by atoms with Gasteiger partial charge in [0.1, 0.15) is 18.0 Å². The van der Waals surface area contributed by atoms with Crippen LogP contribution in [0.25, 0.3) is 0 Å². The number of aryl methyl sites for hydroxylation is 4. The molecule has 1 saturated heterocycles. The first-order valence-corrected chi connectivity index (χ1v) is 12.1. The Hall–Kier alpha value is -1.67. The van der Waals surface area contributed by atoms with E-state index in [9.17, 15) is 9.90 Å². The third kappa shape index (κ3) is 5.58. The third-order valence-electron chi connectivity index (χ3n) is 6.01. The van der Waals surface area contributed by atoms with Crippen LogP contribution in [-0.2, 0) is 17.6 Å². The van der Waals surface area contributed by atoms with Crippen molar-refractivity contribution in [2.45, 2.75) is 58.0 Å². The van der Waals surface area contributed by atoms with Gasteiger partial charge in [0.05, 0.1) is 12.2 Å². The fourth-order valence-corrected chi connectivity index (χ4v) is 5.61. The molecule has 1 aliphatic carbocycles. The lowest BCUT2D eigenvalue weighted by Gasteiger charge is -2.38. The van der Waals surface area contributed by atoms with Gasteiger partial charge in [-0.3, -0.25) is 9.69 Å². The predicted octanol–water partition coefficient (Wildman–Crippen LogP) is 4.14. The molecule has 2 aromatic rings. The molecule has 0 spiro atoms. The van der Waals surface area contributed by atoms with Gasteiger partial charge in [0.15, 0.2) is 5.13 Å². The summed E-state index contributed by atoms with van der Waals surface area (Å²) in [6.45, 7) is 5.49. The van der Waals surface area contributed by atoms with Crippen molar-refractivity contribution in [3.8, 4) is 5.75 Å². The molecule has 1 unspecified atom stereocenters. The standard InChI is InChI=1S/C23H30ClN3O3S/c1-15-10-17(11-16(2)21(15)24)30-14-23(29)8-5-9-27(13-23)12-20(28)26-22-25-18-6-3-4-7-19(18)31-22/h10-11,29H,3-9,12-14H2,1-2H3,(H,25,26,28). The molecule has 1 aromatic heterocycles. The second-order valence-corrected chi connectivity index (χ2v) is 10.3. The lowest BCUT2D eigenvalue weighted by atomic mass is 9.93. The quantitative estimate of drug-likeness (QED) is 0.673. The lowest BCUT2D eigenvalue weighted by Crippen LogP contribution is -2.53. The number of piperidine rings is 1. The predicted molar refractivity (Wildman–Crippen MR) is 124 cm³/mol. The number of aromatic nitrogens is 1. The summed E-state index contributed by atoms with van der Waals surface area (Å²) in [5.41, 5.74) is 2.06. The zero-order valence-corrected chi connectivity index (χ0v) is 19.7. The highest BCUT2D eigenvalue weighted by Gasteiger charge is 2.35. The average Bonchev–Trinajstić information content (AvgIpc) is 3.12. The van der Waals surface area contributed by atoms with Crippen LogP contribution in [-0.4, -0.2) is 52.7 Å². The van der Waals surface area contributed by atoms with Crippen LogP contribution in [0.3, 0.4) is 0 Å². The summed E-state index contributed by atoms with van der Waals surface area (Å²) >= 11 is 7.82. The summed E-state index contributed by atoms with van der Waals surface area (Å²) in [6, 6.07) is 3.78. The minimum Gasteiger partial charge on any atom is -0.491 e. The Morgan fingerprint density at radius 2 is 2.03 bits per heavy atom. The number of benzene rings is 1. The molecule has 8 heteroatoms. The van der Waals surface area contributed by atoms with Gasteiger partial charge in [0.25, 0.3) is 0 Å². The first-order chi connectivity index (χ1) is 14.8. The normalized spacial score (nSPS) is 21.5. The Kier molecular flexibility index (Phi) is 6.86. The van der Waals surface area contributed by atoms with Crippen LogP contribution in [0.15, 0.2) is 12.1 Å². The van der Waals surface area contributed by atoms with E-state index in [-0.39, 0.29) is 19.1 Å². The molecule has 168 valence electrons. The van der Waals surface area contributed by atoms with Crippen LogP contribution in [0.2, 0.25) is 5.02 Å². The fourth-order valence-electron chi connectivity index (χ4n) is 4.43. The number of carbonyl (C=O) groups is 1. The Morgan fingerprint density at radius 1 is 1.29 bits per heavy atom. The Labute approximate surface area is 192 Å². The van der Waals surface area contributed by atoms with Gasteiger partial charge in [0.2, 0.25) is 5.91 Å². The average molecular weight is 464 g/mol. The number of hydrogen-bond donors (Lipinski definition) is 2. The number of fused-ring (bicyclic) bond motifs is 1. The van der Waals surface area contributed by atoms with Crippen LogP contribution in [0.5, 0.6) is 5.75 Å². The maximum absolute atomic E-state index is 12.6. The summed E-state index contributed by atoms with van der Waals surface area (Å²) in [5, 5.41) is 15.5. The fraction of sp³-hybridized carbons (Fsp3) is 0.565. The van der Waals surface area contributed by atoms with Crippen molar-refractivity contribution in [2.24, 2.45) is 0 Å². The summed E-state index contributed by atoms with van der Waals surface area (Å²) in [6.07, 6.45) is 5.91. The van der Waals surface area contributed by atoms with Gasteiger partial charge in [-0.15, -0.1) is 11.3 Å². The SMILES string of the molecule is Cc1cc(OCC2(O)CCCN(CC(=O)Nc3nc4c(s3)CCCC4)C2)cc(C)c1Cl.